The zero-order chi connectivity index (χ0) is 17.7. The van der Waals surface area contributed by atoms with Gasteiger partial charge in [-0.25, -0.2) is 8.42 Å². The molecule has 24 heavy (non-hydrogen) atoms. The summed E-state index contributed by atoms with van der Waals surface area (Å²) in [6, 6.07) is 13.0. The number of hydrogen-bond donors (Lipinski definition) is 1. The fraction of sp³-hybridized carbons (Fsp3) is 0.294. The van der Waals surface area contributed by atoms with Crippen LogP contribution in [0.5, 0.6) is 0 Å². The van der Waals surface area contributed by atoms with Crippen molar-refractivity contribution in [2.24, 2.45) is 0 Å². The topological polar surface area (TPSA) is 89.3 Å². The SMILES string of the molecule is CCC(C(NS(=O)(=O)c1ccc(C)cc1)c1ccccc1)[N+](=O)[O-]. The average molecular weight is 348 g/mol. The zero-order valence-corrected chi connectivity index (χ0v) is 14.4. The standard InChI is InChI=1S/C17H20N2O4S/c1-3-16(19(20)21)17(14-7-5-4-6-8-14)18-24(22,23)15-11-9-13(2)10-12-15/h4-12,16-18H,3H2,1-2H3. The van der Waals surface area contributed by atoms with Gasteiger partial charge < -0.3 is 0 Å². The molecule has 0 spiro atoms. The fourth-order valence-electron chi connectivity index (χ4n) is 2.49. The van der Waals surface area contributed by atoms with Gasteiger partial charge in [-0.15, -0.1) is 0 Å². The lowest BCUT2D eigenvalue weighted by Crippen LogP contribution is -2.39. The van der Waals surface area contributed by atoms with Crippen LogP contribution in [-0.4, -0.2) is 19.4 Å². The molecule has 0 aromatic heterocycles. The molecule has 128 valence electrons. The first-order valence-corrected chi connectivity index (χ1v) is 9.11. The molecule has 2 atom stereocenters. The number of rotatable bonds is 7. The molecule has 0 bridgehead atoms. The zero-order valence-electron chi connectivity index (χ0n) is 13.5. The van der Waals surface area contributed by atoms with Crippen LogP contribution in [0.4, 0.5) is 0 Å². The van der Waals surface area contributed by atoms with Gasteiger partial charge in [0.05, 0.1) is 4.90 Å². The van der Waals surface area contributed by atoms with Crippen molar-refractivity contribution in [3.63, 3.8) is 0 Å². The minimum absolute atomic E-state index is 0.0900. The summed E-state index contributed by atoms with van der Waals surface area (Å²) in [6.07, 6.45) is 0.211. The van der Waals surface area contributed by atoms with E-state index in [1.807, 2.05) is 6.92 Å². The van der Waals surface area contributed by atoms with E-state index in [9.17, 15) is 18.5 Å². The molecule has 0 aliphatic carbocycles. The van der Waals surface area contributed by atoms with Crippen molar-refractivity contribution >= 4 is 10.0 Å². The monoisotopic (exact) mass is 348 g/mol. The van der Waals surface area contributed by atoms with E-state index in [-0.39, 0.29) is 11.3 Å². The molecule has 0 saturated carbocycles. The van der Waals surface area contributed by atoms with Crippen LogP contribution < -0.4 is 4.72 Å². The minimum Gasteiger partial charge on any atom is -0.264 e. The highest BCUT2D eigenvalue weighted by molar-refractivity contribution is 7.89. The molecule has 0 aliphatic rings. The summed E-state index contributed by atoms with van der Waals surface area (Å²) in [5, 5.41) is 11.4. The maximum atomic E-state index is 12.6. The average Bonchev–Trinajstić information content (AvgIpc) is 2.55. The number of nitrogens with one attached hydrogen (secondary N) is 1. The Morgan fingerprint density at radius 3 is 2.17 bits per heavy atom. The number of sulfonamides is 1. The lowest BCUT2D eigenvalue weighted by atomic mass is 9.99. The first-order valence-electron chi connectivity index (χ1n) is 7.62. The van der Waals surface area contributed by atoms with Gasteiger partial charge in [0.15, 0.2) is 0 Å². The van der Waals surface area contributed by atoms with Gasteiger partial charge in [0.25, 0.3) is 0 Å². The van der Waals surface area contributed by atoms with E-state index >= 15 is 0 Å². The first kappa shape index (κ1) is 18.1. The molecule has 0 aliphatic heterocycles. The highest BCUT2D eigenvalue weighted by atomic mass is 32.2. The predicted octanol–water partition coefficient (Wildman–Crippen LogP) is 3.07. The summed E-state index contributed by atoms with van der Waals surface area (Å²) >= 11 is 0. The number of aryl methyl sites for hydroxylation is 1. The summed E-state index contributed by atoms with van der Waals surface area (Å²) < 4.78 is 27.8. The third-order valence-corrected chi connectivity index (χ3v) is 5.30. The van der Waals surface area contributed by atoms with Crippen LogP contribution >= 0.6 is 0 Å². The number of hydrogen-bond acceptors (Lipinski definition) is 4. The molecule has 6 nitrogen and oxygen atoms in total. The highest BCUT2D eigenvalue weighted by Crippen LogP contribution is 2.24. The van der Waals surface area contributed by atoms with Gasteiger partial charge in [0, 0.05) is 11.3 Å². The fourth-order valence-corrected chi connectivity index (χ4v) is 3.75. The summed E-state index contributed by atoms with van der Waals surface area (Å²) in [7, 11) is -3.87. The molecular formula is C17H20N2O4S. The van der Waals surface area contributed by atoms with Crippen LogP contribution in [0.1, 0.15) is 30.5 Å². The smallest absolute Gasteiger partial charge is 0.241 e. The summed E-state index contributed by atoms with van der Waals surface area (Å²) in [5.74, 6) is 0. The molecular weight excluding hydrogens is 328 g/mol. The van der Waals surface area contributed by atoms with Crippen molar-refractivity contribution in [2.45, 2.75) is 37.2 Å². The van der Waals surface area contributed by atoms with Crippen molar-refractivity contribution in [3.8, 4) is 0 Å². The van der Waals surface area contributed by atoms with E-state index in [1.165, 1.54) is 12.1 Å². The van der Waals surface area contributed by atoms with Crippen molar-refractivity contribution < 1.29 is 13.3 Å². The van der Waals surface area contributed by atoms with E-state index in [1.54, 1.807) is 49.4 Å². The van der Waals surface area contributed by atoms with E-state index in [0.29, 0.717) is 5.56 Å². The Hall–Kier alpha value is -2.25. The van der Waals surface area contributed by atoms with Gasteiger partial charge in [-0.2, -0.15) is 4.72 Å². The van der Waals surface area contributed by atoms with Crippen LogP contribution in [0.15, 0.2) is 59.5 Å². The van der Waals surface area contributed by atoms with E-state index in [0.717, 1.165) is 5.56 Å². The Balaban J connectivity index is 2.41. The summed E-state index contributed by atoms with van der Waals surface area (Å²) in [6.45, 7) is 3.53. The Morgan fingerprint density at radius 1 is 1.08 bits per heavy atom. The molecule has 2 aromatic carbocycles. The first-order chi connectivity index (χ1) is 11.3. The number of benzene rings is 2. The Bertz CT molecular complexity index is 789. The molecule has 0 saturated heterocycles. The van der Waals surface area contributed by atoms with Crippen LogP contribution in [0.3, 0.4) is 0 Å². The molecule has 1 N–H and O–H groups in total. The largest absolute Gasteiger partial charge is 0.264 e. The second-order valence-corrected chi connectivity index (χ2v) is 7.30. The van der Waals surface area contributed by atoms with E-state index in [2.05, 4.69) is 4.72 Å². The molecule has 0 fully saturated rings. The predicted molar refractivity (Wildman–Crippen MR) is 91.8 cm³/mol. The second-order valence-electron chi connectivity index (χ2n) is 5.58. The molecule has 0 amide bonds. The molecule has 7 heteroatoms. The van der Waals surface area contributed by atoms with Crippen LogP contribution in [0, 0.1) is 17.0 Å². The van der Waals surface area contributed by atoms with Gasteiger partial charge >= 0.3 is 0 Å². The maximum absolute atomic E-state index is 12.6. The van der Waals surface area contributed by atoms with E-state index < -0.39 is 27.0 Å². The molecule has 2 unspecified atom stereocenters. The number of nitro groups is 1. The highest BCUT2D eigenvalue weighted by Gasteiger charge is 2.34. The second kappa shape index (κ2) is 7.55. The van der Waals surface area contributed by atoms with Gasteiger partial charge in [-0.1, -0.05) is 55.0 Å². The maximum Gasteiger partial charge on any atom is 0.241 e. The Kier molecular flexibility index (Phi) is 5.69. The van der Waals surface area contributed by atoms with Crippen molar-refractivity contribution in [2.75, 3.05) is 0 Å². The van der Waals surface area contributed by atoms with E-state index in [4.69, 9.17) is 0 Å². The lowest BCUT2D eigenvalue weighted by molar-refractivity contribution is -0.527. The van der Waals surface area contributed by atoms with Crippen LogP contribution in [-0.2, 0) is 10.0 Å². The Morgan fingerprint density at radius 2 is 1.67 bits per heavy atom. The van der Waals surface area contributed by atoms with Gasteiger partial charge in [0.2, 0.25) is 16.1 Å². The number of nitrogens with zero attached hydrogens (tertiary/aromatic N) is 1. The molecule has 0 heterocycles. The van der Waals surface area contributed by atoms with Crippen LogP contribution in [0.2, 0.25) is 0 Å². The Labute approximate surface area is 141 Å². The molecule has 2 rings (SSSR count). The normalized spacial score (nSPS) is 14.1. The summed E-state index contributed by atoms with van der Waals surface area (Å²) in [5.41, 5.74) is 1.50. The molecule has 0 radical (unpaired) electrons. The van der Waals surface area contributed by atoms with Crippen molar-refractivity contribution in [1.82, 2.24) is 4.72 Å². The third-order valence-electron chi connectivity index (χ3n) is 3.85. The van der Waals surface area contributed by atoms with Gasteiger partial charge in [-0.3, -0.25) is 10.1 Å². The van der Waals surface area contributed by atoms with Crippen molar-refractivity contribution in [1.29, 1.82) is 0 Å². The van der Waals surface area contributed by atoms with Gasteiger partial charge in [-0.05, 0) is 24.6 Å². The third kappa shape index (κ3) is 4.18. The minimum atomic E-state index is -3.87. The quantitative estimate of drug-likeness (QED) is 0.615. The van der Waals surface area contributed by atoms with Gasteiger partial charge in [0.1, 0.15) is 6.04 Å². The summed E-state index contributed by atoms with van der Waals surface area (Å²) in [4.78, 5) is 11.0. The molecule has 2 aromatic rings. The van der Waals surface area contributed by atoms with Crippen molar-refractivity contribution in [3.05, 3.63) is 75.8 Å². The van der Waals surface area contributed by atoms with Crippen LogP contribution in [0.25, 0.3) is 0 Å². The lowest BCUT2D eigenvalue weighted by Gasteiger charge is -2.22.